The maximum absolute atomic E-state index is 11.7. The first-order valence-electron chi connectivity index (χ1n) is 7.64. The quantitative estimate of drug-likeness (QED) is 0.791. The van der Waals surface area contributed by atoms with Crippen molar-refractivity contribution in [3.63, 3.8) is 0 Å². The Bertz CT molecular complexity index is 311. The minimum Gasteiger partial charge on any atom is -0.466 e. The molecule has 0 aromatic rings. The number of rotatable bonds is 4. The first-order chi connectivity index (χ1) is 9.02. The van der Waals surface area contributed by atoms with Crippen molar-refractivity contribution in [2.45, 2.75) is 51.6 Å². The van der Waals surface area contributed by atoms with E-state index in [2.05, 4.69) is 11.8 Å². The van der Waals surface area contributed by atoms with Gasteiger partial charge in [-0.2, -0.15) is 0 Å². The first kappa shape index (κ1) is 14.8. The van der Waals surface area contributed by atoms with Crippen molar-refractivity contribution >= 4 is 5.97 Å². The van der Waals surface area contributed by atoms with Crippen LogP contribution in [0.25, 0.3) is 0 Å². The summed E-state index contributed by atoms with van der Waals surface area (Å²) in [4.78, 5) is 14.1. The molecule has 0 radical (unpaired) electrons. The van der Waals surface area contributed by atoms with Crippen LogP contribution in [0.1, 0.15) is 46.0 Å². The molecule has 1 N–H and O–H groups in total. The Morgan fingerprint density at radius 3 is 2.58 bits per heavy atom. The highest BCUT2D eigenvalue weighted by molar-refractivity contribution is 5.72. The van der Waals surface area contributed by atoms with Gasteiger partial charge in [-0.1, -0.05) is 6.92 Å². The molecule has 1 atom stereocenters. The van der Waals surface area contributed by atoms with E-state index in [1.807, 2.05) is 6.92 Å². The fraction of sp³-hybridized carbons (Fsp3) is 0.933. The lowest BCUT2D eigenvalue weighted by Crippen LogP contribution is -2.45. The van der Waals surface area contributed by atoms with Crippen LogP contribution in [-0.4, -0.2) is 47.8 Å². The molecule has 1 heterocycles. The Kier molecular flexibility index (Phi) is 4.85. The maximum atomic E-state index is 11.7. The number of nitrogens with zero attached hydrogens (tertiary/aromatic N) is 1. The zero-order valence-corrected chi connectivity index (χ0v) is 12.2. The Morgan fingerprint density at radius 1 is 1.37 bits per heavy atom. The first-order valence-corrected chi connectivity index (χ1v) is 7.64. The van der Waals surface area contributed by atoms with Gasteiger partial charge >= 0.3 is 5.97 Å². The van der Waals surface area contributed by atoms with E-state index in [0.29, 0.717) is 6.61 Å². The second-order valence-electron chi connectivity index (χ2n) is 6.38. The van der Waals surface area contributed by atoms with Crippen molar-refractivity contribution in [1.82, 2.24) is 4.90 Å². The zero-order chi connectivity index (χ0) is 13.9. The van der Waals surface area contributed by atoms with Gasteiger partial charge < -0.3 is 14.7 Å². The number of carbonyl (C=O) groups is 1. The van der Waals surface area contributed by atoms with E-state index in [0.717, 1.165) is 51.2 Å². The molecule has 2 rings (SSSR count). The molecular formula is C15H27NO3. The van der Waals surface area contributed by atoms with Gasteiger partial charge in [0, 0.05) is 13.1 Å². The van der Waals surface area contributed by atoms with Gasteiger partial charge in [0.25, 0.3) is 0 Å². The van der Waals surface area contributed by atoms with Crippen LogP contribution in [0, 0.1) is 11.8 Å². The van der Waals surface area contributed by atoms with Crippen LogP contribution in [0.5, 0.6) is 0 Å². The van der Waals surface area contributed by atoms with E-state index in [1.165, 1.54) is 6.42 Å². The number of aliphatic hydroxyl groups is 1. The smallest absolute Gasteiger partial charge is 0.308 e. The molecule has 4 heteroatoms. The van der Waals surface area contributed by atoms with E-state index in [-0.39, 0.29) is 11.9 Å². The van der Waals surface area contributed by atoms with Crippen molar-refractivity contribution in [1.29, 1.82) is 0 Å². The summed E-state index contributed by atoms with van der Waals surface area (Å²) in [7, 11) is 0. The maximum Gasteiger partial charge on any atom is 0.308 e. The molecule has 0 bridgehead atoms. The van der Waals surface area contributed by atoms with Gasteiger partial charge in [-0.25, -0.2) is 0 Å². The van der Waals surface area contributed by atoms with Crippen LogP contribution in [0.2, 0.25) is 0 Å². The lowest BCUT2D eigenvalue weighted by Gasteiger charge is -2.37. The molecule has 0 spiro atoms. The molecule has 0 aromatic carbocycles. The summed E-state index contributed by atoms with van der Waals surface area (Å²) in [6, 6.07) is 0. The number of β-amino-alcohol motifs (C(OH)–C–C–N with tert-alkyl or cyclic N) is 1. The van der Waals surface area contributed by atoms with E-state index in [1.54, 1.807) is 0 Å². The van der Waals surface area contributed by atoms with Gasteiger partial charge in [-0.15, -0.1) is 0 Å². The van der Waals surface area contributed by atoms with Crippen molar-refractivity contribution in [3.8, 4) is 0 Å². The summed E-state index contributed by atoms with van der Waals surface area (Å²) in [5, 5.41) is 10.7. The number of carbonyl (C=O) groups excluding carboxylic acids is 1. The van der Waals surface area contributed by atoms with Gasteiger partial charge in [0.05, 0.1) is 18.1 Å². The highest BCUT2D eigenvalue weighted by Crippen LogP contribution is 2.34. The summed E-state index contributed by atoms with van der Waals surface area (Å²) < 4.78 is 5.07. The Labute approximate surface area is 116 Å². The molecule has 19 heavy (non-hydrogen) atoms. The molecule has 0 amide bonds. The van der Waals surface area contributed by atoms with E-state index >= 15 is 0 Å². The monoisotopic (exact) mass is 269 g/mol. The van der Waals surface area contributed by atoms with Crippen LogP contribution in [0.3, 0.4) is 0 Å². The lowest BCUT2D eigenvalue weighted by atomic mass is 9.78. The molecule has 1 unspecified atom stereocenters. The summed E-state index contributed by atoms with van der Waals surface area (Å²) in [6.45, 7) is 7.53. The van der Waals surface area contributed by atoms with Crippen LogP contribution in [-0.2, 0) is 9.53 Å². The molecule has 1 saturated carbocycles. The van der Waals surface area contributed by atoms with Crippen molar-refractivity contribution in [2.75, 3.05) is 26.2 Å². The minimum absolute atomic E-state index is 0.00210. The molecular weight excluding hydrogens is 242 g/mol. The fourth-order valence-electron chi connectivity index (χ4n) is 3.40. The lowest BCUT2D eigenvalue weighted by molar-refractivity contribution is -0.151. The zero-order valence-electron chi connectivity index (χ0n) is 12.2. The number of likely N-dealkylation sites (tertiary alicyclic amines) is 1. The molecule has 2 fully saturated rings. The highest BCUT2D eigenvalue weighted by Gasteiger charge is 2.38. The number of ether oxygens (including phenoxy) is 1. The third kappa shape index (κ3) is 3.93. The highest BCUT2D eigenvalue weighted by atomic mass is 16.5. The Hall–Kier alpha value is -0.610. The second-order valence-corrected chi connectivity index (χ2v) is 6.38. The predicted molar refractivity (Wildman–Crippen MR) is 73.8 cm³/mol. The van der Waals surface area contributed by atoms with Crippen LogP contribution in [0.4, 0.5) is 0 Å². The fourth-order valence-corrected chi connectivity index (χ4v) is 3.40. The number of esters is 1. The molecule has 1 saturated heterocycles. The van der Waals surface area contributed by atoms with Crippen LogP contribution < -0.4 is 0 Å². The molecule has 4 nitrogen and oxygen atoms in total. The normalized spacial score (nSPS) is 36.4. The third-order valence-corrected chi connectivity index (χ3v) is 4.56. The summed E-state index contributed by atoms with van der Waals surface area (Å²) in [5.74, 6) is 0.663. The standard InChI is InChI=1S/C15H27NO3/c1-3-19-14(17)13-4-7-15(18,8-5-13)11-16-9-6-12(2)10-16/h12-13,18H,3-11H2,1-2H3. The van der Waals surface area contributed by atoms with Crippen LogP contribution in [0.15, 0.2) is 0 Å². The van der Waals surface area contributed by atoms with Crippen molar-refractivity contribution in [2.24, 2.45) is 11.8 Å². The molecule has 110 valence electrons. The molecule has 1 aliphatic carbocycles. The number of hydrogen-bond acceptors (Lipinski definition) is 4. The second kappa shape index (κ2) is 6.23. The van der Waals surface area contributed by atoms with Gasteiger partial charge in [0.2, 0.25) is 0 Å². The van der Waals surface area contributed by atoms with Crippen molar-refractivity contribution < 1.29 is 14.6 Å². The molecule has 1 aliphatic heterocycles. The Morgan fingerprint density at radius 2 is 2.05 bits per heavy atom. The van der Waals surface area contributed by atoms with Gasteiger partial charge in [0.15, 0.2) is 0 Å². The Balaban J connectivity index is 1.79. The van der Waals surface area contributed by atoms with Gasteiger partial charge in [-0.3, -0.25) is 4.79 Å². The predicted octanol–water partition coefficient (Wildman–Crippen LogP) is 1.81. The average Bonchev–Trinajstić information content (AvgIpc) is 2.75. The SMILES string of the molecule is CCOC(=O)C1CCC(O)(CN2CCC(C)C2)CC1. The van der Waals surface area contributed by atoms with E-state index in [9.17, 15) is 9.90 Å². The third-order valence-electron chi connectivity index (χ3n) is 4.56. The summed E-state index contributed by atoms with van der Waals surface area (Å²) >= 11 is 0. The molecule has 0 aromatic heterocycles. The van der Waals surface area contributed by atoms with E-state index in [4.69, 9.17) is 4.74 Å². The van der Waals surface area contributed by atoms with Crippen molar-refractivity contribution in [3.05, 3.63) is 0 Å². The van der Waals surface area contributed by atoms with Gasteiger partial charge in [-0.05, 0) is 51.5 Å². The van der Waals surface area contributed by atoms with Crippen LogP contribution >= 0.6 is 0 Å². The topological polar surface area (TPSA) is 49.8 Å². The summed E-state index contributed by atoms with van der Waals surface area (Å²) in [5.41, 5.74) is -0.590. The van der Waals surface area contributed by atoms with Gasteiger partial charge in [0.1, 0.15) is 0 Å². The minimum atomic E-state index is -0.590. The number of hydrogen-bond donors (Lipinski definition) is 1. The largest absolute Gasteiger partial charge is 0.466 e. The summed E-state index contributed by atoms with van der Waals surface area (Å²) in [6.07, 6.45) is 4.21. The molecule has 2 aliphatic rings. The van der Waals surface area contributed by atoms with E-state index < -0.39 is 5.60 Å². The average molecular weight is 269 g/mol.